The highest BCUT2D eigenvalue weighted by Gasteiger charge is 2.35. The summed E-state index contributed by atoms with van der Waals surface area (Å²) in [7, 11) is 1.72. The topological polar surface area (TPSA) is 95.9 Å². The van der Waals surface area contributed by atoms with E-state index in [0.717, 1.165) is 24.8 Å². The lowest BCUT2D eigenvalue weighted by Gasteiger charge is -2.37. The molecular formula is C26H32N4O4. The number of hydrogen-bond acceptors (Lipinski definition) is 6. The number of pyridine rings is 2. The van der Waals surface area contributed by atoms with Gasteiger partial charge in [-0.1, -0.05) is 19.1 Å². The minimum atomic E-state index is -0.401. The summed E-state index contributed by atoms with van der Waals surface area (Å²) in [5.74, 6) is -0.249. The fraction of sp³-hybridized carbons (Fsp3) is 0.462. The lowest BCUT2D eigenvalue weighted by atomic mass is 9.99. The van der Waals surface area contributed by atoms with E-state index >= 15 is 0 Å². The second-order valence-electron chi connectivity index (χ2n) is 9.22. The second-order valence-corrected chi connectivity index (χ2v) is 9.22. The standard InChI is InChI=1S/C26H32N4O4/c1-17-14-30(18(2)16-31)25(32)21-12-20(19-8-4-5-9-19)13-28-24(21)34-23(17)15-29(3)26(33)22-10-6-7-11-27-22/h6-8,10-13,17-18,23,31H,4-5,9,14-16H2,1-3H3/t17-,18+,23+/m1/s1. The van der Waals surface area contributed by atoms with E-state index in [9.17, 15) is 14.7 Å². The molecule has 2 amide bonds. The van der Waals surface area contributed by atoms with Gasteiger partial charge < -0.3 is 19.6 Å². The molecule has 0 spiro atoms. The van der Waals surface area contributed by atoms with Crippen molar-refractivity contribution in [2.24, 2.45) is 5.92 Å². The van der Waals surface area contributed by atoms with Crippen molar-refractivity contribution >= 4 is 17.4 Å². The van der Waals surface area contributed by atoms with Crippen LogP contribution in [0.25, 0.3) is 5.57 Å². The summed E-state index contributed by atoms with van der Waals surface area (Å²) in [4.78, 5) is 38.4. The Balaban J connectivity index is 1.65. The zero-order valence-electron chi connectivity index (χ0n) is 20.0. The molecule has 0 fully saturated rings. The van der Waals surface area contributed by atoms with Gasteiger partial charge in [-0.05, 0) is 55.5 Å². The number of allylic oxidation sites excluding steroid dienone is 2. The molecule has 8 nitrogen and oxygen atoms in total. The number of aromatic nitrogens is 2. The summed E-state index contributed by atoms with van der Waals surface area (Å²) in [6, 6.07) is 6.72. The Hall–Kier alpha value is -3.26. The van der Waals surface area contributed by atoms with Gasteiger partial charge in [0, 0.05) is 31.9 Å². The van der Waals surface area contributed by atoms with Gasteiger partial charge in [0.1, 0.15) is 17.4 Å². The Labute approximate surface area is 200 Å². The first-order chi connectivity index (χ1) is 16.4. The molecule has 1 N–H and O–H groups in total. The fourth-order valence-electron chi connectivity index (χ4n) is 4.47. The summed E-state index contributed by atoms with van der Waals surface area (Å²) in [5, 5.41) is 9.83. The maximum atomic E-state index is 13.5. The molecule has 180 valence electrons. The maximum Gasteiger partial charge on any atom is 0.272 e. The molecule has 2 aromatic heterocycles. The van der Waals surface area contributed by atoms with Gasteiger partial charge in [0.2, 0.25) is 5.88 Å². The van der Waals surface area contributed by atoms with Crippen molar-refractivity contribution in [2.75, 3.05) is 26.7 Å². The van der Waals surface area contributed by atoms with Crippen molar-refractivity contribution in [1.82, 2.24) is 19.8 Å². The average molecular weight is 465 g/mol. The third kappa shape index (κ3) is 4.97. The number of hydrogen-bond donors (Lipinski definition) is 1. The molecule has 0 unspecified atom stereocenters. The zero-order chi connectivity index (χ0) is 24.2. The molecule has 2 aromatic rings. The van der Waals surface area contributed by atoms with Crippen LogP contribution in [0.5, 0.6) is 5.88 Å². The zero-order valence-corrected chi connectivity index (χ0v) is 20.0. The van der Waals surface area contributed by atoms with Crippen LogP contribution in [0.2, 0.25) is 0 Å². The smallest absolute Gasteiger partial charge is 0.272 e. The highest BCUT2D eigenvalue weighted by molar-refractivity contribution is 5.97. The average Bonchev–Trinajstić information content (AvgIpc) is 3.40. The van der Waals surface area contributed by atoms with Crippen molar-refractivity contribution in [2.45, 2.75) is 45.3 Å². The van der Waals surface area contributed by atoms with Gasteiger partial charge in [-0.25, -0.2) is 4.98 Å². The Morgan fingerprint density at radius 2 is 2.18 bits per heavy atom. The van der Waals surface area contributed by atoms with Crippen LogP contribution in [-0.4, -0.2) is 75.6 Å². The van der Waals surface area contributed by atoms with Gasteiger partial charge in [-0.3, -0.25) is 14.6 Å². The number of fused-ring (bicyclic) bond motifs is 1. The molecule has 0 aromatic carbocycles. The Bertz CT molecular complexity index is 1070. The predicted octanol–water partition coefficient (Wildman–Crippen LogP) is 3.04. The summed E-state index contributed by atoms with van der Waals surface area (Å²) < 4.78 is 6.30. The molecule has 1 aliphatic heterocycles. The fourth-order valence-corrected chi connectivity index (χ4v) is 4.47. The van der Waals surface area contributed by atoms with Gasteiger partial charge in [0.15, 0.2) is 0 Å². The van der Waals surface area contributed by atoms with E-state index in [2.05, 4.69) is 16.0 Å². The Morgan fingerprint density at radius 3 is 2.85 bits per heavy atom. The predicted molar refractivity (Wildman–Crippen MR) is 128 cm³/mol. The number of carbonyl (C=O) groups is 2. The van der Waals surface area contributed by atoms with Crippen LogP contribution >= 0.6 is 0 Å². The van der Waals surface area contributed by atoms with Gasteiger partial charge in [-0.2, -0.15) is 0 Å². The van der Waals surface area contributed by atoms with Gasteiger partial charge in [-0.15, -0.1) is 0 Å². The molecule has 0 radical (unpaired) electrons. The largest absolute Gasteiger partial charge is 0.472 e. The molecule has 0 saturated heterocycles. The third-order valence-corrected chi connectivity index (χ3v) is 6.62. The van der Waals surface area contributed by atoms with E-state index in [0.29, 0.717) is 24.3 Å². The molecule has 3 heterocycles. The highest BCUT2D eigenvalue weighted by atomic mass is 16.5. The van der Waals surface area contributed by atoms with Crippen LogP contribution < -0.4 is 4.74 Å². The summed E-state index contributed by atoms with van der Waals surface area (Å²) in [5.41, 5.74) is 2.87. The van der Waals surface area contributed by atoms with Gasteiger partial charge in [0.25, 0.3) is 11.8 Å². The first-order valence-electron chi connectivity index (χ1n) is 11.8. The van der Waals surface area contributed by atoms with E-state index in [-0.39, 0.29) is 36.3 Å². The number of likely N-dealkylation sites (N-methyl/N-ethyl adjacent to an activating group) is 1. The summed E-state index contributed by atoms with van der Waals surface area (Å²) in [6.07, 6.45) is 8.23. The first-order valence-corrected chi connectivity index (χ1v) is 11.8. The SMILES string of the molecule is C[C@@H]1CN([C@@H](C)CO)C(=O)c2cc(C3=CCCC3)cnc2O[C@H]1CN(C)C(=O)c1ccccn1. The number of ether oxygens (including phenoxy) is 1. The van der Waals surface area contributed by atoms with Crippen molar-refractivity contribution in [1.29, 1.82) is 0 Å². The van der Waals surface area contributed by atoms with E-state index in [1.165, 1.54) is 5.57 Å². The monoisotopic (exact) mass is 464 g/mol. The number of amides is 2. The van der Waals surface area contributed by atoms with Crippen molar-refractivity contribution in [3.05, 3.63) is 59.6 Å². The first kappa shape index (κ1) is 23.9. The molecular weight excluding hydrogens is 432 g/mol. The number of carbonyl (C=O) groups excluding carboxylic acids is 2. The molecule has 0 bridgehead atoms. The molecule has 34 heavy (non-hydrogen) atoms. The molecule has 8 heteroatoms. The summed E-state index contributed by atoms with van der Waals surface area (Å²) >= 11 is 0. The maximum absolute atomic E-state index is 13.5. The van der Waals surface area contributed by atoms with E-state index in [4.69, 9.17) is 4.74 Å². The normalized spacial score (nSPS) is 21.1. The van der Waals surface area contributed by atoms with Crippen LogP contribution in [0.4, 0.5) is 0 Å². The quantitative estimate of drug-likeness (QED) is 0.706. The number of rotatable bonds is 6. The van der Waals surface area contributed by atoms with Crippen molar-refractivity contribution in [3.63, 3.8) is 0 Å². The van der Waals surface area contributed by atoms with Crippen LogP contribution in [0.15, 0.2) is 42.7 Å². The number of nitrogens with zero attached hydrogens (tertiary/aromatic N) is 4. The molecule has 4 rings (SSSR count). The van der Waals surface area contributed by atoms with Crippen LogP contribution in [0.1, 0.15) is 59.5 Å². The second kappa shape index (κ2) is 10.3. The number of aliphatic hydroxyl groups is 1. The molecule has 2 aliphatic rings. The minimum absolute atomic E-state index is 0.107. The van der Waals surface area contributed by atoms with Crippen molar-refractivity contribution < 1.29 is 19.4 Å². The van der Waals surface area contributed by atoms with Crippen LogP contribution in [0, 0.1) is 5.92 Å². The van der Waals surface area contributed by atoms with Gasteiger partial charge >= 0.3 is 0 Å². The van der Waals surface area contributed by atoms with Crippen LogP contribution in [0.3, 0.4) is 0 Å². The lowest BCUT2D eigenvalue weighted by molar-refractivity contribution is 0.0312. The number of aliphatic hydroxyl groups excluding tert-OH is 1. The summed E-state index contributed by atoms with van der Waals surface area (Å²) in [6.45, 7) is 4.37. The van der Waals surface area contributed by atoms with E-state index in [1.54, 1.807) is 47.4 Å². The van der Waals surface area contributed by atoms with E-state index < -0.39 is 6.10 Å². The Kier molecular flexibility index (Phi) is 7.26. The van der Waals surface area contributed by atoms with Crippen LogP contribution in [-0.2, 0) is 0 Å². The molecule has 0 saturated carbocycles. The van der Waals surface area contributed by atoms with E-state index in [1.807, 2.05) is 19.9 Å². The minimum Gasteiger partial charge on any atom is -0.472 e. The molecule has 3 atom stereocenters. The van der Waals surface area contributed by atoms with Gasteiger partial charge in [0.05, 0.1) is 19.2 Å². The highest BCUT2D eigenvalue weighted by Crippen LogP contribution is 2.32. The third-order valence-electron chi connectivity index (χ3n) is 6.62. The lowest BCUT2D eigenvalue weighted by Crippen LogP contribution is -2.50. The Morgan fingerprint density at radius 1 is 1.35 bits per heavy atom. The van der Waals surface area contributed by atoms with Crippen molar-refractivity contribution in [3.8, 4) is 5.88 Å². The molecule has 1 aliphatic carbocycles.